The summed E-state index contributed by atoms with van der Waals surface area (Å²) in [6, 6.07) is 14.2. The molecular formula is C27H30F3N7. The number of para-hydroxylation sites is 1. The van der Waals surface area contributed by atoms with Gasteiger partial charge in [0.2, 0.25) is 0 Å². The SMILES string of the molecule is CCN(CC1CC1)c1nc2ccccc2cc1CN(Cc1cc(C)cc(C(F)(F)F)c1)c1nnn(C)n1. The van der Waals surface area contributed by atoms with E-state index in [-0.39, 0.29) is 6.54 Å². The maximum absolute atomic E-state index is 13.5. The number of fused-ring (bicyclic) bond motifs is 1. The number of halogens is 3. The van der Waals surface area contributed by atoms with Gasteiger partial charge in [-0.1, -0.05) is 34.9 Å². The van der Waals surface area contributed by atoms with Crippen molar-refractivity contribution in [3.63, 3.8) is 0 Å². The largest absolute Gasteiger partial charge is 0.416 e. The highest BCUT2D eigenvalue weighted by atomic mass is 19.4. The molecule has 2 heterocycles. The zero-order chi connectivity index (χ0) is 26.2. The van der Waals surface area contributed by atoms with Gasteiger partial charge in [-0.2, -0.15) is 18.0 Å². The summed E-state index contributed by atoms with van der Waals surface area (Å²) in [5.74, 6) is 1.91. The van der Waals surface area contributed by atoms with Gasteiger partial charge in [0.05, 0.1) is 18.1 Å². The Kier molecular flexibility index (Phi) is 6.74. The molecule has 0 N–H and O–H groups in total. The minimum absolute atomic E-state index is 0.192. The van der Waals surface area contributed by atoms with Gasteiger partial charge in [-0.25, -0.2) is 4.98 Å². The van der Waals surface area contributed by atoms with Crippen molar-refractivity contribution < 1.29 is 13.2 Å². The van der Waals surface area contributed by atoms with Crippen LogP contribution in [0.1, 0.15) is 42.0 Å². The maximum Gasteiger partial charge on any atom is 0.416 e. The lowest BCUT2D eigenvalue weighted by Gasteiger charge is -2.28. The third-order valence-electron chi connectivity index (χ3n) is 6.62. The molecule has 0 saturated heterocycles. The molecule has 1 aliphatic carbocycles. The summed E-state index contributed by atoms with van der Waals surface area (Å²) in [6.45, 7) is 6.10. The number of rotatable bonds is 9. The van der Waals surface area contributed by atoms with Crippen molar-refractivity contribution in [2.45, 2.75) is 46.0 Å². The monoisotopic (exact) mass is 509 g/mol. The van der Waals surface area contributed by atoms with Gasteiger partial charge in [-0.3, -0.25) is 0 Å². The molecule has 0 bridgehead atoms. The molecule has 0 aliphatic heterocycles. The second-order valence-corrected chi connectivity index (χ2v) is 9.79. The average molecular weight is 510 g/mol. The smallest absolute Gasteiger partial charge is 0.356 e. The third-order valence-corrected chi connectivity index (χ3v) is 6.62. The van der Waals surface area contributed by atoms with Crippen molar-refractivity contribution >= 4 is 22.7 Å². The van der Waals surface area contributed by atoms with Gasteiger partial charge in [-0.15, -0.1) is 5.10 Å². The highest BCUT2D eigenvalue weighted by Gasteiger charge is 2.31. The van der Waals surface area contributed by atoms with E-state index in [2.05, 4.69) is 33.3 Å². The van der Waals surface area contributed by atoms with E-state index < -0.39 is 11.7 Å². The topological polar surface area (TPSA) is 63.0 Å². The molecule has 10 heteroatoms. The van der Waals surface area contributed by atoms with Crippen molar-refractivity contribution in [1.29, 1.82) is 0 Å². The molecule has 1 saturated carbocycles. The molecule has 1 fully saturated rings. The molecule has 5 rings (SSSR count). The Labute approximate surface area is 213 Å². The molecule has 37 heavy (non-hydrogen) atoms. The van der Waals surface area contributed by atoms with Crippen LogP contribution in [0, 0.1) is 12.8 Å². The van der Waals surface area contributed by atoms with E-state index in [0.29, 0.717) is 29.5 Å². The number of tetrazole rings is 1. The van der Waals surface area contributed by atoms with Crippen LogP contribution in [0.15, 0.2) is 48.5 Å². The molecule has 0 radical (unpaired) electrons. The van der Waals surface area contributed by atoms with Crippen LogP contribution in [-0.2, 0) is 26.3 Å². The highest BCUT2D eigenvalue weighted by Crippen LogP contribution is 2.34. The average Bonchev–Trinajstić information content (AvgIpc) is 3.57. The van der Waals surface area contributed by atoms with Crippen LogP contribution in [0.5, 0.6) is 0 Å². The number of alkyl halides is 3. The number of nitrogens with zero attached hydrogens (tertiary/aromatic N) is 7. The highest BCUT2D eigenvalue weighted by molar-refractivity contribution is 5.82. The standard InChI is InChI=1S/C27H30F3N7/c1-4-36(15-19-9-10-19)25-22(14-21-7-5-6-8-24(21)31-25)17-37(26-32-34-35(3)33-26)16-20-11-18(2)12-23(13-20)27(28,29)30/h5-8,11-14,19H,4,9-10,15-17H2,1-3H3. The molecule has 2 aromatic heterocycles. The molecule has 7 nitrogen and oxygen atoms in total. The number of aryl methyl sites for hydroxylation is 2. The Balaban J connectivity index is 1.55. The lowest BCUT2D eigenvalue weighted by atomic mass is 10.1. The second kappa shape index (κ2) is 9.99. The Bertz CT molecular complexity index is 1390. The van der Waals surface area contributed by atoms with Crippen molar-refractivity contribution in [2.24, 2.45) is 13.0 Å². The lowest BCUT2D eigenvalue weighted by Crippen LogP contribution is -2.30. The van der Waals surface area contributed by atoms with Gasteiger partial charge in [0.1, 0.15) is 5.82 Å². The number of anilines is 2. The minimum atomic E-state index is -4.42. The zero-order valence-electron chi connectivity index (χ0n) is 21.2. The summed E-state index contributed by atoms with van der Waals surface area (Å²) in [4.78, 5) is 10.6. The summed E-state index contributed by atoms with van der Waals surface area (Å²) in [5.41, 5.74) is 2.29. The van der Waals surface area contributed by atoms with Gasteiger partial charge in [-0.05, 0) is 67.6 Å². The first-order valence-corrected chi connectivity index (χ1v) is 12.5. The molecule has 0 spiro atoms. The van der Waals surface area contributed by atoms with Crippen molar-refractivity contribution in [2.75, 3.05) is 22.9 Å². The number of benzene rings is 2. The molecule has 2 aromatic carbocycles. The van der Waals surface area contributed by atoms with E-state index in [9.17, 15) is 13.2 Å². The molecule has 0 amide bonds. The van der Waals surface area contributed by atoms with Crippen LogP contribution >= 0.6 is 0 Å². The molecule has 194 valence electrons. The van der Waals surface area contributed by atoms with E-state index in [1.807, 2.05) is 29.2 Å². The van der Waals surface area contributed by atoms with Gasteiger partial charge >= 0.3 is 6.18 Å². The van der Waals surface area contributed by atoms with Crippen molar-refractivity contribution in [1.82, 2.24) is 25.2 Å². The van der Waals surface area contributed by atoms with E-state index >= 15 is 0 Å². The minimum Gasteiger partial charge on any atom is -0.356 e. The van der Waals surface area contributed by atoms with Crippen LogP contribution in [0.2, 0.25) is 0 Å². The fourth-order valence-electron chi connectivity index (χ4n) is 4.66. The number of hydrogen-bond acceptors (Lipinski definition) is 6. The first kappa shape index (κ1) is 25.0. The van der Waals surface area contributed by atoms with Crippen LogP contribution in [0.4, 0.5) is 24.9 Å². The zero-order valence-corrected chi connectivity index (χ0v) is 21.2. The lowest BCUT2D eigenvalue weighted by molar-refractivity contribution is -0.137. The third kappa shape index (κ3) is 5.84. The molecule has 0 unspecified atom stereocenters. The van der Waals surface area contributed by atoms with E-state index in [1.54, 1.807) is 20.0 Å². The number of pyridine rings is 1. The van der Waals surface area contributed by atoms with Crippen molar-refractivity contribution in [3.05, 3.63) is 70.8 Å². The Morgan fingerprint density at radius 1 is 1.03 bits per heavy atom. The van der Waals surface area contributed by atoms with Gasteiger partial charge in [0.25, 0.3) is 5.95 Å². The summed E-state index contributed by atoms with van der Waals surface area (Å²) < 4.78 is 40.6. The van der Waals surface area contributed by atoms with Crippen LogP contribution in [0.25, 0.3) is 10.9 Å². The predicted octanol–water partition coefficient (Wildman–Crippen LogP) is 5.53. The summed E-state index contributed by atoms with van der Waals surface area (Å²) >= 11 is 0. The van der Waals surface area contributed by atoms with Crippen LogP contribution < -0.4 is 9.80 Å². The Morgan fingerprint density at radius 2 is 1.81 bits per heavy atom. The van der Waals surface area contributed by atoms with Crippen LogP contribution in [-0.4, -0.2) is 38.3 Å². The fraction of sp³-hybridized carbons (Fsp3) is 0.407. The Morgan fingerprint density at radius 3 is 2.49 bits per heavy atom. The molecule has 4 aromatic rings. The van der Waals surface area contributed by atoms with Crippen LogP contribution in [0.3, 0.4) is 0 Å². The van der Waals surface area contributed by atoms with Gasteiger partial charge in [0, 0.05) is 37.1 Å². The fourth-order valence-corrected chi connectivity index (χ4v) is 4.66. The number of hydrogen-bond donors (Lipinski definition) is 0. The van der Waals surface area contributed by atoms with E-state index in [1.165, 1.54) is 23.7 Å². The first-order chi connectivity index (χ1) is 17.7. The first-order valence-electron chi connectivity index (χ1n) is 12.5. The molecular weight excluding hydrogens is 479 g/mol. The number of aromatic nitrogens is 5. The summed E-state index contributed by atoms with van der Waals surface area (Å²) in [5, 5.41) is 13.5. The van der Waals surface area contributed by atoms with E-state index in [0.717, 1.165) is 41.4 Å². The van der Waals surface area contributed by atoms with E-state index in [4.69, 9.17) is 4.98 Å². The summed E-state index contributed by atoms with van der Waals surface area (Å²) in [7, 11) is 1.67. The molecule has 1 aliphatic rings. The Hall–Kier alpha value is -3.69. The van der Waals surface area contributed by atoms with Gasteiger partial charge < -0.3 is 9.80 Å². The normalized spacial score (nSPS) is 13.8. The second-order valence-electron chi connectivity index (χ2n) is 9.79. The summed E-state index contributed by atoms with van der Waals surface area (Å²) in [6.07, 6.45) is -1.97. The molecule has 0 atom stereocenters. The quantitative estimate of drug-likeness (QED) is 0.296. The van der Waals surface area contributed by atoms with Crippen molar-refractivity contribution in [3.8, 4) is 0 Å². The predicted molar refractivity (Wildman–Crippen MR) is 137 cm³/mol. The van der Waals surface area contributed by atoms with Gasteiger partial charge in [0.15, 0.2) is 0 Å². The maximum atomic E-state index is 13.5.